The molecule has 6 heteroatoms. The zero-order valence-corrected chi connectivity index (χ0v) is 53.5. The van der Waals surface area contributed by atoms with E-state index in [1.54, 1.807) is 0 Å². The molecule has 0 radical (unpaired) electrons. The fourth-order valence-electron chi connectivity index (χ4n) is 9.85. The number of allylic oxidation sites excluding steroid dienone is 16. The van der Waals surface area contributed by atoms with E-state index in [1.807, 2.05) is 0 Å². The fraction of sp³-hybridized carbons (Fsp3) is 0.747. The molecular weight excluding hydrogens is 997 g/mol. The Morgan fingerprint density at radius 3 is 0.802 bits per heavy atom. The zero-order chi connectivity index (χ0) is 58.5. The van der Waals surface area contributed by atoms with Crippen LogP contribution in [-0.4, -0.2) is 37.2 Å². The molecule has 466 valence electrons. The lowest BCUT2D eigenvalue weighted by molar-refractivity contribution is -0.167. The molecule has 0 N–H and O–H groups in total. The number of carbonyl (C=O) groups is 3. The summed E-state index contributed by atoms with van der Waals surface area (Å²) >= 11 is 0. The van der Waals surface area contributed by atoms with Crippen molar-refractivity contribution in [3.8, 4) is 0 Å². The van der Waals surface area contributed by atoms with Crippen molar-refractivity contribution < 1.29 is 28.6 Å². The maximum atomic E-state index is 12.9. The molecule has 0 amide bonds. The van der Waals surface area contributed by atoms with Gasteiger partial charge in [0, 0.05) is 19.3 Å². The lowest BCUT2D eigenvalue weighted by atomic mass is 10.0. The largest absolute Gasteiger partial charge is 0.462 e. The normalized spacial score (nSPS) is 12.7. The minimum absolute atomic E-state index is 0.0959. The average molecular weight is 1130 g/mol. The van der Waals surface area contributed by atoms with Crippen LogP contribution in [-0.2, 0) is 28.6 Å². The Kier molecular flexibility index (Phi) is 65.7. The summed E-state index contributed by atoms with van der Waals surface area (Å²) in [5.74, 6) is -0.936. The number of ether oxygens (including phenoxy) is 3. The highest BCUT2D eigenvalue weighted by atomic mass is 16.6. The molecule has 0 aliphatic carbocycles. The Hall–Kier alpha value is -3.67. The van der Waals surface area contributed by atoms with E-state index in [1.165, 1.54) is 199 Å². The van der Waals surface area contributed by atoms with Crippen LogP contribution in [0.4, 0.5) is 0 Å². The van der Waals surface area contributed by atoms with E-state index < -0.39 is 6.10 Å². The van der Waals surface area contributed by atoms with Gasteiger partial charge in [-0.05, 0) is 122 Å². The molecule has 0 saturated carbocycles. The third-order valence-electron chi connectivity index (χ3n) is 15.0. The second kappa shape index (κ2) is 68.8. The van der Waals surface area contributed by atoms with Gasteiger partial charge in [-0.25, -0.2) is 0 Å². The number of carbonyl (C=O) groups excluding carboxylic acids is 3. The van der Waals surface area contributed by atoms with Gasteiger partial charge in [-0.15, -0.1) is 0 Å². The van der Waals surface area contributed by atoms with Gasteiger partial charge < -0.3 is 14.2 Å². The molecule has 0 heterocycles. The van der Waals surface area contributed by atoms with Crippen LogP contribution in [0.2, 0.25) is 0 Å². The second-order valence-corrected chi connectivity index (χ2v) is 23.1. The van der Waals surface area contributed by atoms with E-state index in [0.717, 1.165) is 96.3 Å². The van der Waals surface area contributed by atoms with E-state index in [2.05, 4.69) is 118 Å². The van der Waals surface area contributed by atoms with Crippen LogP contribution in [0.1, 0.15) is 342 Å². The van der Waals surface area contributed by atoms with Crippen molar-refractivity contribution in [1.29, 1.82) is 0 Å². The molecule has 0 saturated heterocycles. The van der Waals surface area contributed by atoms with Crippen LogP contribution in [0.15, 0.2) is 97.2 Å². The molecule has 81 heavy (non-hydrogen) atoms. The molecule has 0 aromatic carbocycles. The van der Waals surface area contributed by atoms with Crippen molar-refractivity contribution in [3.05, 3.63) is 97.2 Å². The van der Waals surface area contributed by atoms with Gasteiger partial charge in [0.1, 0.15) is 13.2 Å². The minimum Gasteiger partial charge on any atom is -0.462 e. The van der Waals surface area contributed by atoms with Crippen molar-refractivity contribution in [2.45, 2.75) is 348 Å². The Morgan fingerprint density at radius 2 is 0.481 bits per heavy atom. The van der Waals surface area contributed by atoms with Crippen molar-refractivity contribution in [2.24, 2.45) is 0 Å². The molecule has 0 bridgehead atoms. The molecule has 0 aromatic heterocycles. The number of unbranched alkanes of at least 4 members (excludes halogenated alkanes) is 36. The summed E-state index contributed by atoms with van der Waals surface area (Å²) in [7, 11) is 0. The van der Waals surface area contributed by atoms with Crippen LogP contribution >= 0.6 is 0 Å². The quantitative estimate of drug-likeness (QED) is 0.0261. The first-order chi connectivity index (χ1) is 40.0. The number of hydrogen-bond acceptors (Lipinski definition) is 6. The Morgan fingerprint density at radius 1 is 0.259 bits per heavy atom. The van der Waals surface area contributed by atoms with E-state index in [-0.39, 0.29) is 37.5 Å². The summed E-state index contributed by atoms with van der Waals surface area (Å²) in [4.78, 5) is 38.4. The lowest BCUT2D eigenvalue weighted by Gasteiger charge is -2.18. The minimum atomic E-state index is -0.805. The monoisotopic (exact) mass is 1130 g/mol. The zero-order valence-electron chi connectivity index (χ0n) is 53.5. The SMILES string of the molecule is CC/C=C\C/C=C\C/C=C\C/C=C\C/C=C\C/C=C\CCCCC(=O)OC(COC(=O)CCCCCCC/C=C\CCCCCC)COC(=O)CCCCCCCCCCCCCCCCCCC/C=C\CCCCCCCCCC. The van der Waals surface area contributed by atoms with Gasteiger partial charge in [-0.1, -0.05) is 298 Å². The predicted octanol–water partition coefficient (Wildman–Crippen LogP) is 24.0. The molecule has 1 unspecified atom stereocenters. The highest BCUT2D eigenvalue weighted by Crippen LogP contribution is 2.17. The number of esters is 3. The van der Waals surface area contributed by atoms with Crippen LogP contribution in [0.5, 0.6) is 0 Å². The van der Waals surface area contributed by atoms with Crippen molar-refractivity contribution in [1.82, 2.24) is 0 Å². The summed E-state index contributed by atoms with van der Waals surface area (Å²) in [6.07, 6.45) is 93.0. The van der Waals surface area contributed by atoms with Crippen molar-refractivity contribution >= 4 is 17.9 Å². The third kappa shape index (κ3) is 67.0. The molecule has 0 rings (SSSR count). The number of hydrogen-bond donors (Lipinski definition) is 0. The first-order valence-electron chi connectivity index (χ1n) is 34.7. The van der Waals surface area contributed by atoms with E-state index in [0.29, 0.717) is 19.3 Å². The lowest BCUT2D eigenvalue weighted by Crippen LogP contribution is -2.30. The van der Waals surface area contributed by atoms with E-state index in [9.17, 15) is 14.4 Å². The molecule has 0 spiro atoms. The van der Waals surface area contributed by atoms with Gasteiger partial charge in [0.05, 0.1) is 0 Å². The van der Waals surface area contributed by atoms with Crippen LogP contribution in [0, 0.1) is 0 Å². The van der Waals surface area contributed by atoms with Gasteiger partial charge in [0.15, 0.2) is 6.10 Å². The fourth-order valence-corrected chi connectivity index (χ4v) is 9.85. The molecule has 0 aromatic rings. The Labute approximate surface area is 502 Å². The van der Waals surface area contributed by atoms with E-state index in [4.69, 9.17) is 14.2 Å². The molecular formula is C75H130O6. The van der Waals surface area contributed by atoms with Gasteiger partial charge in [0.2, 0.25) is 0 Å². The number of rotatable bonds is 63. The molecule has 0 aliphatic heterocycles. The van der Waals surface area contributed by atoms with Crippen molar-refractivity contribution in [3.63, 3.8) is 0 Å². The summed E-state index contributed by atoms with van der Waals surface area (Å²) in [5, 5.41) is 0. The highest BCUT2D eigenvalue weighted by molar-refractivity contribution is 5.71. The van der Waals surface area contributed by atoms with E-state index >= 15 is 0 Å². The van der Waals surface area contributed by atoms with Gasteiger partial charge in [-0.3, -0.25) is 14.4 Å². The summed E-state index contributed by atoms with van der Waals surface area (Å²) < 4.78 is 16.9. The summed E-state index contributed by atoms with van der Waals surface area (Å²) in [5.41, 5.74) is 0. The topological polar surface area (TPSA) is 78.9 Å². The molecule has 1 atom stereocenters. The maximum absolute atomic E-state index is 12.9. The van der Waals surface area contributed by atoms with Crippen molar-refractivity contribution in [2.75, 3.05) is 13.2 Å². The third-order valence-corrected chi connectivity index (χ3v) is 15.0. The van der Waals surface area contributed by atoms with Gasteiger partial charge in [0.25, 0.3) is 0 Å². The van der Waals surface area contributed by atoms with Crippen LogP contribution in [0.25, 0.3) is 0 Å². The predicted molar refractivity (Wildman–Crippen MR) is 353 cm³/mol. The maximum Gasteiger partial charge on any atom is 0.306 e. The molecule has 6 nitrogen and oxygen atoms in total. The Bertz CT molecular complexity index is 1580. The standard InChI is InChI=1S/C75H130O6/c1-4-7-10-13-16-19-22-25-27-29-31-33-34-35-36-37-38-39-40-42-43-45-47-50-53-56-59-62-65-68-74(77)80-71-72(70-79-73(76)67-64-61-58-55-52-49-24-21-18-15-12-9-6-3)81-75(78)69-66-63-60-57-54-51-48-46-44-41-32-30-28-26-23-20-17-14-11-8-5-2/h8,11,17,20-21,24,26,28-29,31-32,41,46,48,54,57,72H,4-7,9-10,12-16,18-19,22-23,25,27,30,33-40,42-45,47,49-53,55-56,58-71H2,1-3H3/b11-8-,20-17-,24-21-,28-26-,31-29-,41-32-,48-46-,57-54-. The Balaban J connectivity index is 4.30. The summed E-state index contributed by atoms with van der Waals surface area (Å²) in [6, 6.07) is 0. The van der Waals surface area contributed by atoms with Gasteiger partial charge in [-0.2, -0.15) is 0 Å². The van der Waals surface area contributed by atoms with Gasteiger partial charge >= 0.3 is 17.9 Å². The first kappa shape index (κ1) is 77.3. The second-order valence-electron chi connectivity index (χ2n) is 23.1. The molecule has 0 fully saturated rings. The summed E-state index contributed by atoms with van der Waals surface area (Å²) in [6.45, 7) is 6.50. The van der Waals surface area contributed by atoms with Crippen LogP contribution in [0.3, 0.4) is 0 Å². The first-order valence-corrected chi connectivity index (χ1v) is 34.7. The van der Waals surface area contributed by atoms with Crippen LogP contribution < -0.4 is 0 Å². The highest BCUT2D eigenvalue weighted by Gasteiger charge is 2.19. The molecule has 0 aliphatic rings. The average Bonchev–Trinajstić information content (AvgIpc) is 3.46. The smallest absolute Gasteiger partial charge is 0.306 e.